The molecule has 1 atom stereocenters. The number of nitrogens with zero attached hydrogens (tertiary/aromatic N) is 2. The first-order valence-electron chi connectivity index (χ1n) is 8.43. The number of urea groups is 1. The predicted octanol–water partition coefficient (Wildman–Crippen LogP) is 0.857. The van der Waals surface area contributed by atoms with Gasteiger partial charge in [-0.15, -0.1) is 5.10 Å². The van der Waals surface area contributed by atoms with Gasteiger partial charge >= 0.3 is 11.7 Å². The topological polar surface area (TPSA) is 118 Å². The fraction of sp³-hybridized carbons (Fsp3) is 0.733. The molecule has 10 heteroatoms. The van der Waals surface area contributed by atoms with Crippen LogP contribution in [0.1, 0.15) is 39.0 Å². The Morgan fingerprint density at radius 2 is 2.16 bits per heavy atom. The van der Waals surface area contributed by atoms with Crippen molar-refractivity contribution in [2.75, 3.05) is 13.7 Å². The Kier molecular flexibility index (Phi) is 7.51. The van der Waals surface area contributed by atoms with Crippen LogP contribution in [0.4, 0.5) is 4.79 Å². The molecule has 2 rings (SSSR count). The zero-order valence-electron chi connectivity index (χ0n) is 14.5. The molecular weight excluding hydrogens is 346 g/mol. The molecule has 1 fully saturated rings. The van der Waals surface area contributed by atoms with Crippen molar-refractivity contribution in [3.8, 4) is 0 Å². The third-order valence-corrected chi connectivity index (χ3v) is 5.12. The zero-order valence-corrected chi connectivity index (χ0v) is 15.4. The number of rotatable bonds is 8. The van der Waals surface area contributed by atoms with Gasteiger partial charge in [-0.2, -0.15) is 0 Å². The lowest BCUT2D eigenvalue weighted by Gasteiger charge is -2.14. The number of thioether (sulfide) groups is 1. The van der Waals surface area contributed by atoms with Crippen LogP contribution >= 0.6 is 11.8 Å². The Labute approximate surface area is 150 Å². The summed E-state index contributed by atoms with van der Waals surface area (Å²) in [6, 6.07) is -0.322. The fourth-order valence-electron chi connectivity index (χ4n) is 2.67. The van der Waals surface area contributed by atoms with Crippen molar-refractivity contribution in [2.45, 2.75) is 62.0 Å². The Hall–Kier alpha value is -1.81. The van der Waals surface area contributed by atoms with Crippen LogP contribution in [0.5, 0.6) is 0 Å². The first kappa shape index (κ1) is 19.5. The summed E-state index contributed by atoms with van der Waals surface area (Å²) in [7, 11) is 1.59. The normalized spacial score (nSPS) is 15.9. The number of amides is 3. The van der Waals surface area contributed by atoms with Crippen molar-refractivity contribution >= 4 is 23.7 Å². The van der Waals surface area contributed by atoms with Gasteiger partial charge in [0.2, 0.25) is 5.91 Å². The number of carbonyl (C=O) groups is 2. The van der Waals surface area contributed by atoms with E-state index in [1.807, 2.05) is 0 Å². The maximum atomic E-state index is 12.2. The second-order valence-electron chi connectivity index (χ2n) is 6.01. The van der Waals surface area contributed by atoms with Gasteiger partial charge in [0.05, 0.1) is 5.25 Å². The van der Waals surface area contributed by atoms with E-state index in [1.54, 1.807) is 14.0 Å². The van der Waals surface area contributed by atoms with Gasteiger partial charge in [-0.05, 0) is 26.2 Å². The Bertz CT molecular complexity index is 638. The minimum atomic E-state index is -0.564. The summed E-state index contributed by atoms with van der Waals surface area (Å²) >= 11 is 1.13. The van der Waals surface area contributed by atoms with E-state index >= 15 is 0 Å². The smallest absolute Gasteiger partial charge is 0.343 e. The van der Waals surface area contributed by atoms with Crippen LogP contribution in [0.15, 0.2) is 9.95 Å². The van der Waals surface area contributed by atoms with Crippen molar-refractivity contribution < 1.29 is 14.3 Å². The van der Waals surface area contributed by atoms with Crippen molar-refractivity contribution in [1.82, 2.24) is 25.4 Å². The van der Waals surface area contributed by atoms with Crippen LogP contribution in [-0.2, 0) is 16.1 Å². The molecule has 1 aliphatic rings. The van der Waals surface area contributed by atoms with Gasteiger partial charge in [-0.25, -0.2) is 14.7 Å². The molecule has 0 radical (unpaired) electrons. The molecule has 9 nitrogen and oxygen atoms in total. The number of H-pyrrole nitrogens is 1. The summed E-state index contributed by atoms with van der Waals surface area (Å²) in [4.78, 5) is 35.8. The number of aromatic amines is 1. The van der Waals surface area contributed by atoms with E-state index < -0.39 is 17.2 Å². The van der Waals surface area contributed by atoms with Gasteiger partial charge in [-0.1, -0.05) is 24.6 Å². The number of hydrogen-bond donors (Lipinski definition) is 3. The molecule has 1 aromatic heterocycles. The van der Waals surface area contributed by atoms with E-state index in [9.17, 15) is 14.4 Å². The van der Waals surface area contributed by atoms with Gasteiger partial charge in [0.1, 0.15) is 0 Å². The number of methoxy groups -OCH3 is 1. The van der Waals surface area contributed by atoms with E-state index in [0.29, 0.717) is 24.7 Å². The van der Waals surface area contributed by atoms with E-state index in [4.69, 9.17) is 4.74 Å². The number of nitrogens with one attached hydrogen (secondary N) is 3. The maximum Gasteiger partial charge on any atom is 0.343 e. The third-order valence-electron chi connectivity index (χ3n) is 4.03. The highest BCUT2D eigenvalue weighted by atomic mass is 32.2. The highest BCUT2D eigenvalue weighted by Gasteiger charge is 2.22. The first-order valence-corrected chi connectivity index (χ1v) is 9.31. The molecule has 0 bridgehead atoms. The van der Waals surface area contributed by atoms with E-state index in [0.717, 1.165) is 37.4 Å². The van der Waals surface area contributed by atoms with Crippen LogP contribution in [0.25, 0.3) is 0 Å². The number of aromatic nitrogens is 3. The Balaban J connectivity index is 1.85. The van der Waals surface area contributed by atoms with E-state index in [1.165, 1.54) is 4.57 Å². The molecule has 3 amide bonds. The largest absolute Gasteiger partial charge is 0.385 e. The lowest BCUT2D eigenvalue weighted by atomic mass is 10.2. The van der Waals surface area contributed by atoms with Crippen LogP contribution in [0.3, 0.4) is 0 Å². The number of carbonyl (C=O) groups excluding carboxylic acids is 2. The zero-order chi connectivity index (χ0) is 18.2. The number of imide groups is 1. The van der Waals surface area contributed by atoms with Crippen LogP contribution in [0.2, 0.25) is 0 Å². The summed E-state index contributed by atoms with van der Waals surface area (Å²) < 4.78 is 6.44. The molecule has 3 N–H and O–H groups in total. The number of ether oxygens (including phenoxy) is 1. The SMILES string of the molecule is COCCCn1c(S[C@H](C)C(=O)NC(=O)NC2CCCC2)n[nH]c1=O. The quantitative estimate of drug-likeness (QED) is 0.461. The monoisotopic (exact) mass is 371 g/mol. The van der Waals surface area contributed by atoms with E-state index in [2.05, 4.69) is 20.8 Å². The molecule has 1 aromatic rings. The van der Waals surface area contributed by atoms with Crippen molar-refractivity contribution in [3.05, 3.63) is 10.5 Å². The number of hydrogen-bond acceptors (Lipinski definition) is 6. The molecule has 25 heavy (non-hydrogen) atoms. The van der Waals surface area contributed by atoms with Crippen molar-refractivity contribution in [3.63, 3.8) is 0 Å². The summed E-state index contributed by atoms with van der Waals surface area (Å²) in [6.07, 6.45) is 4.77. The molecular formula is C15H25N5O4S. The summed E-state index contributed by atoms with van der Waals surface area (Å²) in [6.45, 7) is 2.64. The minimum Gasteiger partial charge on any atom is -0.385 e. The molecule has 0 spiro atoms. The highest BCUT2D eigenvalue weighted by molar-refractivity contribution is 8.00. The average molecular weight is 371 g/mol. The van der Waals surface area contributed by atoms with Gasteiger partial charge in [0, 0.05) is 26.3 Å². The third kappa shape index (κ3) is 5.89. The molecule has 0 unspecified atom stereocenters. The van der Waals surface area contributed by atoms with E-state index in [-0.39, 0.29) is 11.7 Å². The van der Waals surface area contributed by atoms with Crippen molar-refractivity contribution in [1.29, 1.82) is 0 Å². The Morgan fingerprint density at radius 3 is 2.84 bits per heavy atom. The predicted molar refractivity (Wildman–Crippen MR) is 93.6 cm³/mol. The second kappa shape index (κ2) is 9.62. The second-order valence-corrected chi connectivity index (χ2v) is 7.32. The molecule has 1 heterocycles. The van der Waals surface area contributed by atoms with Crippen molar-refractivity contribution in [2.24, 2.45) is 0 Å². The lowest BCUT2D eigenvalue weighted by molar-refractivity contribution is -0.119. The van der Waals surface area contributed by atoms with Gasteiger partial charge in [0.25, 0.3) is 0 Å². The van der Waals surface area contributed by atoms with Crippen LogP contribution in [-0.4, -0.2) is 51.7 Å². The molecule has 0 aliphatic heterocycles. The average Bonchev–Trinajstić information content (AvgIpc) is 3.19. The summed E-state index contributed by atoms with van der Waals surface area (Å²) in [5.74, 6) is -0.417. The molecule has 0 saturated heterocycles. The van der Waals surface area contributed by atoms with Gasteiger partial charge in [-0.3, -0.25) is 14.7 Å². The summed E-state index contributed by atoms with van der Waals surface area (Å²) in [5.41, 5.74) is -0.329. The Morgan fingerprint density at radius 1 is 1.44 bits per heavy atom. The lowest BCUT2D eigenvalue weighted by Crippen LogP contribution is -2.46. The fourth-order valence-corrected chi connectivity index (χ4v) is 3.56. The van der Waals surface area contributed by atoms with Gasteiger partial charge in [0.15, 0.2) is 5.16 Å². The molecule has 0 aromatic carbocycles. The highest BCUT2D eigenvalue weighted by Crippen LogP contribution is 2.20. The molecule has 1 saturated carbocycles. The van der Waals surface area contributed by atoms with Crippen LogP contribution < -0.4 is 16.3 Å². The van der Waals surface area contributed by atoms with Crippen LogP contribution in [0, 0.1) is 0 Å². The summed E-state index contributed by atoms with van der Waals surface area (Å²) in [5, 5.41) is 11.3. The first-order chi connectivity index (χ1) is 12.0. The maximum absolute atomic E-state index is 12.2. The molecule has 140 valence electrons. The standard InChI is InChI=1S/C15H25N5O4S/c1-10(12(21)17-13(22)16-11-6-3-4-7-11)25-15-19-18-14(23)20(15)8-5-9-24-2/h10-11H,3-9H2,1-2H3,(H,18,23)(H2,16,17,21,22)/t10-/m1/s1. The minimum absolute atomic E-state index is 0.146. The molecule has 1 aliphatic carbocycles. The van der Waals surface area contributed by atoms with Gasteiger partial charge < -0.3 is 10.1 Å².